The summed E-state index contributed by atoms with van der Waals surface area (Å²) in [5.41, 5.74) is 0. The van der Waals surface area contributed by atoms with Crippen LogP contribution in [0.4, 0.5) is 0 Å². The smallest absolute Gasteiger partial charge is 0.0434 e. The van der Waals surface area contributed by atoms with E-state index in [4.69, 9.17) is 5.41 Å². The Morgan fingerprint density at radius 2 is 2.43 bits per heavy atom. The number of rotatable bonds is 3. The van der Waals surface area contributed by atoms with Crippen LogP contribution in [0.3, 0.4) is 0 Å². The Labute approximate surface area is 48.5 Å². The predicted octanol–water partition coefficient (Wildman–Crippen LogP) is 0.846. The zero-order valence-electron chi connectivity index (χ0n) is 4.64. The lowest BCUT2D eigenvalue weighted by Crippen LogP contribution is -2.09. The zero-order valence-corrected chi connectivity index (χ0v) is 5.46. The van der Waals surface area contributed by atoms with Crippen molar-refractivity contribution in [2.75, 3.05) is 19.8 Å². The Kier molecular flexibility index (Phi) is 4.14. The monoisotopic (exact) mass is 118 g/mol. The molecule has 0 aromatic carbocycles. The maximum atomic E-state index is 6.66. The van der Waals surface area contributed by atoms with Crippen molar-refractivity contribution in [1.82, 2.24) is 4.31 Å². The highest BCUT2D eigenvalue weighted by molar-refractivity contribution is 7.96. The zero-order chi connectivity index (χ0) is 5.70. The molecule has 0 bridgehead atoms. The summed E-state index contributed by atoms with van der Waals surface area (Å²) in [5.74, 6) is 0. The Morgan fingerprint density at radius 3 is 2.57 bits per heavy atom. The molecule has 0 aromatic heterocycles. The van der Waals surface area contributed by atoms with Gasteiger partial charge in [0.15, 0.2) is 0 Å². The Balaban J connectivity index is 2.98. The second kappa shape index (κ2) is 4.15. The lowest BCUT2D eigenvalue weighted by atomic mass is 10.7. The molecule has 0 aliphatic rings. The number of nitrogens with one attached hydrogen (secondary N) is 1. The molecule has 2 nitrogen and oxygen atoms in total. The van der Waals surface area contributed by atoms with Gasteiger partial charge in [-0.1, -0.05) is 11.9 Å². The van der Waals surface area contributed by atoms with Gasteiger partial charge in [0.2, 0.25) is 0 Å². The lowest BCUT2D eigenvalue weighted by molar-refractivity contribution is 0.662. The van der Waals surface area contributed by atoms with Gasteiger partial charge in [0.25, 0.3) is 0 Å². The van der Waals surface area contributed by atoms with Crippen molar-refractivity contribution in [1.29, 1.82) is 5.41 Å². The van der Waals surface area contributed by atoms with E-state index in [0.29, 0.717) is 0 Å². The lowest BCUT2D eigenvalue weighted by Gasteiger charge is -2.06. The molecule has 0 fully saturated rings. The van der Waals surface area contributed by atoms with Gasteiger partial charge in [0, 0.05) is 12.8 Å². The summed E-state index contributed by atoms with van der Waals surface area (Å²) >= 11 is 1.63. The highest BCUT2D eigenvalue weighted by Gasteiger charge is 1.85. The average Bonchev–Trinajstić information content (AvgIpc) is 1.68. The standard InChI is InChI=1S/C4H10N2S/c1-6(7-2)4-3-5/h3,5H,4H2,1-2H3. The van der Waals surface area contributed by atoms with Crippen molar-refractivity contribution in [3.63, 3.8) is 0 Å². The first kappa shape index (κ1) is 6.98. The van der Waals surface area contributed by atoms with Crippen LogP contribution < -0.4 is 0 Å². The van der Waals surface area contributed by atoms with E-state index < -0.39 is 0 Å². The molecule has 0 saturated heterocycles. The van der Waals surface area contributed by atoms with Gasteiger partial charge in [-0.3, -0.25) is 0 Å². The molecule has 42 valence electrons. The molecule has 0 unspecified atom stereocenters. The molecule has 0 atom stereocenters. The van der Waals surface area contributed by atoms with Gasteiger partial charge < -0.3 is 5.41 Å². The summed E-state index contributed by atoms with van der Waals surface area (Å²) in [5, 5.41) is 6.66. The maximum Gasteiger partial charge on any atom is 0.0434 e. The van der Waals surface area contributed by atoms with Crippen LogP contribution in [0.5, 0.6) is 0 Å². The molecule has 0 rings (SSSR count). The molecule has 3 heteroatoms. The third-order valence-electron chi connectivity index (χ3n) is 0.660. The summed E-state index contributed by atoms with van der Waals surface area (Å²) in [6, 6.07) is 0. The van der Waals surface area contributed by atoms with Crippen LogP contribution in [0, 0.1) is 5.41 Å². The van der Waals surface area contributed by atoms with E-state index in [1.807, 2.05) is 17.6 Å². The van der Waals surface area contributed by atoms with Crippen LogP contribution in [-0.2, 0) is 0 Å². The predicted molar refractivity (Wildman–Crippen MR) is 34.9 cm³/mol. The number of hydrogen-bond donors (Lipinski definition) is 1. The van der Waals surface area contributed by atoms with E-state index in [0.717, 1.165) is 6.54 Å². The molecule has 0 saturated carbocycles. The first-order valence-electron chi connectivity index (χ1n) is 2.05. The number of hydrogen-bond acceptors (Lipinski definition) is 3. The molecule has 0 aliphatic heterocycles. The molecule has 0 aromatic rings. The Hall–Kier alpha value is -0.0200. The van der Waals surface area contributed by atoms with Crippen molar-refractivity contribution < 1.29 is 0 Å². The van der Waals surface area contributed by atoms with Crippen LogP contribution >= 0.6 is 11.9 Å². The Morgan fingerprint density at radius 1 is 1.86 bits per heavy atom. The minimum Gasteiger partial charge on any atom is -0.312 e. The van der Waals surface area contributed by atoms with Gasteiger partial charge in [-0.2, -0.15) is 0 Å². The first-order valence-corrected chi connectivity index (χ1v) is 3.23. The topological polar surface area (TPSA) is 27.1 Å². The van der Waals surface area contributed by atoms with E-state index in [-0.39, 0.29) is 0 Å². The van der Waals surface area contributed by atoms with Crippen molar-refractivity contribution in [3.8, 4) is 0 Å². The summed E-state index contributed by atoms with van der Waals surface area (Å²) in [7, 11) is 1.95. The highest BCUT2D eigenvalue weighted by Crippen LogP contribution is 1.95. The second-order valence-electron chi connectivity index (χ2n) is 1.20. The van der Waals surface area contributed by atoms with Crippen LogP contribution in [0.25, 0.3) is 0 Å². The third kappa shape index (κ3) is 3.82. The van der Waals surface area contributed by atoms with Gasteiger partial charge in [-0.15, -0.1) is 0 Å². The molecule has 7 heavy (non-hydrogen) atoms. The molecule has 0 amide bonds. The molecule has 0 spiro atoms. The van der Waals surface area contributed by atoms with Gasteiger partial charge >= 0.3 is 0 Å². The normalized spacial score (nSPS) is 9.57. The van der Waals surface area contributed by atoms with Crippen molar-refractivity contribution in [2.24, 2.45) is 0 Å². The van der Waals surface area contributed by atoms with Crippen LogP contribution in [0.1, 0.15) is 0 Å². The fraction of sp³-hybridized carbons (Fsp3) is 0.750. The first-order chi connectivity index (χ1) is 3.31. The third-order valence-corrected chi connectivity index (χ3v) is 1.43. The van der Waals surface area contributed by atoms with Crippen LogP contribution in [-0.4, -0.2) is 30.4 Å². The highest BCUT2D eigenvalue weighted by atomic mass is 32.2. The molecular formula is C4H10N2S. The van der Waals surface area contributed by atoms with Crippen molar-refractivity contribution in [2.45, 2.75) is 0 Å². The summed E-state index contributed by atoms with van der Waals surface area (Å²) in [6.07, 6.45) is 3.38. The van der Waals surface area contributed by atoms with E-state index in [2.05, 4.69) is 0 Å². The fourth-order valence-corrected chi connectivity index (χ4v) is 0.427. The van der Waals surface area contributed by atoms with Gasteiger partial charge in [0.1, 0.15) is 0 Å². The number of nitrogens with zero attached hydrogens (tertiary/aromatic N) is 1. The largest absolute Gasteiger partial charge is 0.312 e. The summed E-state index contributed by atoms with van der Waals surface area (Å²) in [6.45, 7) is 0.737. The van der Waals surface area contributed by atoms with Crippen LogP contribution in [0.2, 0.25) is 0 Å². The second-order valence-corrected chi connectivity index (χ2v) is 2.19. The van der Waals surface area contributed by atoms with Crippen molar-refractivity contribution >= 4 is 18.2 Å². The van der Waals surface area contributed by atoms with Crippen LogP contribution in [0.15, 0.2) is 0 Å². The van der Waals surface area contributed by atoms with E-state index in [1.165, 1.54) is 6.21 Å². The van der Waals surface area contributed by atoms with Crippen molar-refractivity contribution in [3.05, 3.63) is 0 Å². The minimum atomic E-state index is 0.737. The maximum absolute atomic E-state index is 6.66. The van der Waals surface area contributed by atoms with E-state index >= 15 is 0 Å². The fourth-order valence-electron chi connectivity index (χ4n) is 0.203. The van der Waals surface area contributed by atoms with E-state index in [1.54, 1.807) is 11.9 Å². The van der Waals surface area contributed by atoms with E-state index in [9.17, 15) is 0 Å². The average molecular weight is 118 g/mol. The SMILES string of the molecule is CSN(C)CC=N. The minimum absolute atomic E-state index is 0.737. The molecule has 0 heterocycles. The Bertz CT molecular complexity index is 55.7. The van der Waals surface area contributed by atoms with Gasteiger partial charge in [-0.25, -0.2) is 4.31 Å². The molecular weight excluding hydrogens is 108 g/mol. The van der Waals surface area contributed by atoms with Gasteiger partial charge in [0.05, 0.1) is 0 Å². The summed E-state index contributed by atoms with van der Waals surface area (Å²) < 4.78 is 1.98. The molecule has 0 aliphatic carbocycles. The molecule has 1 N–H and O–H groups in total. The quantitative estimate of drug-likeness (QED) is 0.439. The van der Waals surface area contributed by atoms with Gasteiger partial charge in [-0.05, 0) is 13.3 Å². The molecule has 0 radical (unpaired) electrons. The summed E-state index contributed by atoms with van der Waals surface area (Å²) in [4.78, 5) is 0.